The molecule has 0 aliphatic heterocycles. The molecule has 0 aliphatic carbocycles. The normalized spacial score (nSPS) is 11.6. The number of pyridine rings is 1. The molecule has 1 aromatic carbocycles. The van der Waals surface area contributed by atoms with Gasteiger partial charge in [0.15, 0.2) is 17.4 Å². The number of fused-ring (bicyclic) bond motifs is 2. The Morgan fingerprint density at radius 2 is 1.97 bits per heavy atom. The van der Waals surface area contributed by atoms with Crippen molar-refractivity contribution in [1.29, 1.82) is 0 Å². The lowest BCUT2D eigenvalue weighted by atomic mass is 10.1. The molecule has 3 heterocycles. The number of halogens is 1. The molecular formula is C22H28IN7. The Hall–Kier alpha value is -2.62. The number of nitrogens with one attached hydrogen (secondary N) is 3. The molecule has 0 aliphatic rings. The van der Waals surface area contributed by atoms with Crippen molar-refractivity contribution >= 4 is 46.5 Å². The van der Waals surface area contributed by atoms with Crippen molar-refractivity contribution in [2.75, 3.05) is 13.1 Å². The van der Waals surface area contributed by atoms with Crippen molar-refractivity contribution in [1.82, 2.24) is 30.2 Å². The summed E-state index contributed by atoms with van der Waals surface area (Å²) in [6.07, 6.45) is 6.04. The van der Waals surface area contributed by atoms with Gasteiger partial charge in [-0.1, -0.05) is 31.2 Å². The Bertz CT molecular complexity index is 1130. The second kappa shape index (κ2) is 10.4. The highest BCUT2D eigenvalue weighted by atomic mass is 127. The van der Waals surface area contributed by atoms with Gasteiger partial charge in [-0.3, -0.25) is 4.40 Å². The van der Waals surface area contributed by atoms with Crippen molar-refractivity contribution in [2.45, 2.75) is 33.2 Å². The first-order valence-electron chi connectivity index (χ1n) is 10.2. The average molecular weight is 517 g/mol. The first-order chi connectivity index (χ1) is 14.3. The molecule has 8 heteroatoms. The van der Waals surface area contributed by atoms with Crippen LogP contribution in [0.1, 0.15) is 30.8 Å². The summed E-state index contributed by atoms with van der Waals surface area (Å²) in [6, 6.07) is 12.4. The lowest BCUT2D eigenvalue weighted by molar-refractivity contribution is 0.789. The summed E-state index contributed by atoms with van der Waals surface area (Å²) >= 11 is 0. The average Bonchev–Trinajstić information content (AvgIpc) is 3.36. The number of hydrogen-bond donors (Lipinski definition) is 3. The predicted octanol–water partition coefficient (Wildman–Crippen LogP) is 3.69. The Balaban J connectivity index is 0.00000256. The van der Waals surface area contributed by atoms with Gasteiger partial charge in [0.1, 0.15) is 6.54 Å². The number of nitrogens with zero attached hydrogens (tertiary/aromatic N) is 4. The largest absolute Gasteiger partial charge is 0.361 e. The van der Waals surface area contributed by atoms with Gasteiger partial charge < -0.3 is 15.6 Å². The summed E-state index contributed by atoms with van der Waals surface area (Å²) in [5, 5.41) is 16.5. The van der Waals surface area contributed by atoms with Crippen LogP contribution in [0.4, 0.5) is 0 Å². The van der Waals surface area contributed by atoms with Gasteiger partial charge in [0.05, 0.1) is 0 Å². The van der Waals surface area contributed by atoms with Crippen molar-refractivity contribution in [3.8, 4) is 0 Å². The minimum atomic E-state index is 0. The van der Waals surface area contributed by atoms with E-state index in [0.717, 1.165) is 43.4 Å². The number of hydrogen-bond acceptors (Lipinski definition) is 3. The standard InChI is InChI=1S/C22H27N7.HI/c1-3-16-8-7-9-18-17(14-25-21(16)18)11-12-24-22(23-4-2)26-15-20-28-27-19-10-5-6-13-29(19)20;/h5-10,13-14,25H,3-4,11-12,15H2,1-2H3,(H2,23,24,26);1H. The van der Waals surface area contributed by atoms with Crippen LogP contribution in [0.3, 0.4) is 0 Å². The van der Waals surface area contributed by atoms with Crippen LogP contribution in [0.25, 0.3) is 16.6 Å². The minimum Gasteiger partial charge on any atom is -0.361 e. The van der Waals surface area contributed by atoms with E-state index in [-0.39, 0.29) is 24.0 Å². The summed E-state index contributed by atoms with van der Waals surface area (Å²) in [7, 11) is 0. The molecule has 158 valence electrons. The third-order valence-corrected chi connectivity index (χ3v) is 5.06. The molecule has 0 bridgehead atoms. The molecule has 0 spiro atoms. The molecule has 3 aromatic heterocycles. The number of guanidine groups is 1. The van der Waals surface area contributed by atoms with E-state index in [1.165, 1.54) is 22.0 Å². The smallest absolute Gasteiger partial charge is 0.191 e. The fourth-order valence-corrected chi connectivity index (χ4v) is 3.58. The van der Waals surface area contributed by atoms with E-state index in [9.17, 15) is 0 Å². The number of rotatable bonds is 7. The van der Waals surface area contributed by atoms with Gasteiger partial charge in [0.2, 0.25) is 0 Å². The molecule has 3 N–H and O–H groups in total. The summed E-state index contributed by atoms with van der Waals surface area (Å²) in [6.45, 7) is 6.33. The molecule has 0 amide bonds. The molecule has 0 saturated heterocycles. The molecule has 4 aromatic rings. The van der Waals surface area contributed by atoms with E-state index in [0.29, 0.717) is 6.54 Å². The Morgan fingerprint density at radius 1 is 1.07 bits per heavy atom. The van der Waals surface area contributed by atoms with Crippen molar-refractivity contribution in [3.63, 3.8) is 0 Å². The van der Waals surface area contributed by atoms with Crippen LogP contribution < -0.4 is 10.6 Å². The fourth-order valence-electron chi connectivity index (χ4n) is 3.58. The van der Waals surface area contributed by atoms with Crippen LogP contribution >= 0.6 is 24.0 Å². The summed E-state index contributed by atoms with van der Waals surface area (Å²) in [4.78, 5) is 8.12. The topological polar surface area (TPSA) is 82.4 Å². The minimum absolute atomic E-state index is 0. The van der Waals surface area contributed by atoms with E-state index in [1.54, 1.807) is 0 Å². The molecule has 4 rings (SSSR count). The number of aromatic nitrogens is 4. The van der Waals surface area contributed by atoms with Gasteiger partial charge in [-0.15, -0.1) is 34.2 Å². The Morgan fingerprint density at radius 3 is 2.80 bits per heavy atom. The van der Waals surface area contributed by atoms with Gasteiger partial charge in [0.25, 0.3) is 0 Å². The molecule has 7 nitrogen and oxygen atoms in total. The Labute approximate surface area is 193 Å². The third-order valence-electron chi connectivity index (χ3n) is 5.06. The van der Waals surface area contributed by atoms with Gasteiger partial charge in [-0.25, -0.2) is 4.99 Å². The quantitative estimate of drug-likeness (QED) is 0.199. The van der Waals surface area contributed by atoms with E-state index in [1.807, 2.05) is 28.8 Å². The number of aliphatic imine (C=N–C) groups is 1. The van der Waals surface area contributed by atoms with E-state index >= 15 is 0 Å². The zero-order valence-corrected chi connectivity index (χ0v) is 19.7. The highest BCUT2D eigenvalue weighted by molar-refractivity contribution is 14.0. The van der Waals surface area contributed by atoms with Crippen LogP contribution in [0.2, 0.25) is 0 Å². The fraction of sp³-hybridized carbons (Fsp3) is 0.318. The zero-order valence-electron chi connectivity index (χ0n) is 17.4. The number of aryl methyl sites for hydroxylation is 1. The monoisotopic (exact) mass is 517 g/mol. The van der Waals surface area contributed by atoms with Crippen molar-refractivity contribution < 1.29 is 0 Å². The maximum absolute atomic E-state index is 4.68. The summed E-state index contributed by atoms with van der Waals surface area (Å²) in [5.74, 6) is 1.61. The van der Waals surface area contributed by atoms with Gasteiger partial charge in [0, 0.05) is 36.4 Å². The number of H-pyrrole nitrogens is 1. The molecular weight excluding hydrogens is 489 g/mol. The zero-order chi connectivity index (χ0) is 20.1. The van der Waals surface area contributed by atoms with Gasteiger partial charge in [-0.2, -0.15) is 0 Å². The maximum atomic E-state index is 4.68. The van der Waals surface area contributed by atoms with Crippen LogP contribution in [0.5, 0.6) is 0 Å². The molecule has 0 atom stereocenters. The van der Waals surface area contributed by atoms with Crippen molar-refractivity contribution in [2.24, 2.45) is 4.99 Å². The van der Waals surface area contributed by atoms with Crippen LogP contribution in [-0.4, -0.2) is 38.6 Å². The maximum Gasteiger partial charge on any atom is 0.191 e. The molecule has 0 fully saturated rings. The molecule has 30 heavy (non-hydrogen) atoms. The van der Waals surface area contributed by atoms with Crippen LogP contribution in [-0.2, 0) is 19.4 Å². The Kier molecular flexibility index (Phi) is 7.67. The SMILES string of the molecule is CCNC(=NCc1nnc2ccccn12)NCCc1c[nH]c2c(CC)cccc12.I. The molecule has 0 radical (unpaired) electrons. The lowest BCUT2D eigenvalue weighted by Crippen LogP contribution is -2.38. The second-order valence-electron chi connectivity index (χ2n) is 6.92. The predicted molar refractivity (Wildman–Crippen MR) is 133 cm³/mol. The number of benzene rings is 1. The third kappa shape index (κ3) is 4.75. The highest BCUT2D eigenvalue weighted by Gasteiger charge is 2.08. The molecule has 0 saturated carbocycles. The number of para-hydroxylation sites is 1. The van der Waals surface area contributed by atoms with E-state index in [4.69, 9.17) is 0 Å². The summed E-state index contributed by atoms with van der Waals surface area (Å²) < 4.78 is 1.96. The van der Waals surface area contributed by atoms with Crippen LogP contribution in [0, 0.1) is 0 Å². The summed E-state index contributed by atoms with van der Waals surface area (Å²) in [5.41, 5.74) is 4.77. The highest BCUT2D eigenvalue weighted by Crippen LogP contribution is 2.22. The van der Waals surface area contributed by atoms with E-state index in [2.05, 4.69) is 69.1 Å². The van der Waals surface area contributed by atoms with Gasteiger partial charge >= 0.3 is 0 Å². The lowest BCUT2D eigenvalue weighted by Gasteiger charge is -2.11. The second-order valence-corrected chi connectivity index (χ2v) is 6.92. The first kappa shape index (κ1) is 22.1. The van der Waals surface area contributed by atoms with Crippen LogP contribution in [0.15, 0.2) is 53.8 Å². The first-order valence-corrected chi connectivity index (χ1v) is 10.2. The van der Waals surface area contributed by atoms with Gasteiger partial charge in [-0.05, 0) is 43.0 Å². The molecule has 0 unspecified atom stereocenters. The van der Waals surface area contributed by atoms with Crippen molar-refractivity contribution in [3.05, 3.63) is 65.7 Å². The van der Waals surface area contributed by atoms with E-state index < -0.39 is 0 Å². The number of aromatic amines is 1.